The SMILES string of the molecule is CCC(C)(C)C(=O)OC1(C)C2CC3CC(C2)CC1C3.CCC(C)(C)C(=O)OC1(C)CCCC1.CCC(C)(C)C(=O)OC1C2CC3C(=O)OC1C3C2.CCC(C)(C)C(=O)OC1C2CC3C1OC(=O)C3(C#N)C2.CCC(C)(CO)C(=O)OC1(CC)C2CC3CC(C2)CC1C3.CCC1(OC(=O)C(C)(C)CC)CCCCC1. The van der Waals surface area contributed by atoms with Crippen molar-refractivity contribution in [2.24, 2.45) is 115 Å². The van der Waals surface area contributed by atoms with Gasteiger partial charge in [0.1, 0.15) is 46.8 Å². The number of hydrogen-bond acceptors (Lipinski definition) is 18. The number of nitrogens with zero attached hydrogens (tertiary/aromatic N) is 1. The molecule has 11 atom stereocenters. The molecular weight excluding hydrogens is 1370 g/mol. The normalized spacial score (nSPS) is 36.5. The van der Waals surface area contributed by atoms with Crippen molar-refractivity contribution < 1.29 is 81.4 Å². The highest BCUT2D eigenvalue weighted by molar-refractivity contribution is 5.85. The van der Waals surface area contributed by atoms with E-state index in [2.05, 4.69) is 40.7 Å². The molecule has 612 valence electrons. The summed E-state index contributed by atoms with van der Waals surface area (Å²) in [5.41, 5.74) is -4.43. The van der Waals surface area contributed by atoms with E-state index in [0.717, 1.165) is 107 Å². The predicted octanol–water partition coefficient (Wildman–Crippen LogP) is 18.8. The van der Waals surface area contributed by atoms with E-state index in [4.69, 9.17) is 37.9 Å². The summed E-state index contributed by atoms with van der Waals surface area (Å²) in [6.45, 7) is 41.7. The molecule has 0 spiro atoms. The molecule has 0 amide bonds. The third-order valence-electron chi connectivity index (χ3n) is 31.6. The second-order valence-electron chi connectivity index (χ2n) is 40.6. The standard InChI is InChI=1S/C18H30O3.C17H28O2.C15H19NO4.C14H20O4.C14H26O2.C12H22O2/c1-4-17(3,11-19)16(20)21-18(5-2)14-7-12-6-13(9-14)10-15(18)8-12;1-5-16(2,3)15(18)19-17(4)13-7-11-6-12(9-13)10-14(17)8-11;1-4-14(2,3)12(17)19-10-8-5-9-11(10)20-13(18)15(9,6-8)7-16;1-4-14(2,3)13(16)18-10-7-5-8-9(6-7)12(15)17-11(8)10;1-5-13(3,4)12(15)16-14(6-2)10-8-7-9-11-14;1-5-11(2,3)10(13)14-12(4)8-6-7-9-12/h12-15,19H,4-11H2,1-3H3;11-14H,5-10H2,1-4H3;8-11H,4-6H2,1-3H3;7-11H,4-6H2,1-3H3;5-11H2,1-4H3;5-9H2,1-4H3. The molecule has 0 radical (unpaired) electrons. The minimum atomic E-state index is -0.974. The molecule has 14 saturated carbocycles. The van der Waals surface area contributed by atoms with Crippen LogP contribution in [0.25, 0.3) is 0 Å². The van der Waals surface area contributed by atoms with E-state index in [1.165, 1.54) is 96.3 Å². The maximum atomic E-state index is 12.7. The van der Waals surface area contributed by atoms with E-state index in [1.54, 1.807) is 0 Å². The molecule has 0 aromatic carbocycles. The third-order valence-corrected chi connectivity index (χ3v) is 31.6. The molecule has 0 aromatic rings. The number of rotatable bonds is 21. The Morgan fingerprint density at radius 3 is 1.31 bits per heavy atom. The number of carbonyl (C=O) groups excluding carboxylic acids is 8. The molecule has 16 aliphatic rings. The Bertz CT molecular complexity index is 3190. The van der Waals surface area contributed by atoms with E-state index in [0.29, 0.717) is 54.8 Å². The van der Waals surface area contributed by atoms with Crippen LogP contribution in [0.4, 0.5) is 0 Å². The molecule has 108 heavy (non-hydrogen) atoms. The van der Waals surface area contributed by atoms with E-state index < -0.39 is 33.7 Å². The molecule has 18 nitrogen and oxygen atoms in total. The first-order valence-corrected chi connectivity index (χ1v) is 43.3. The van der Waals surface area contributed by atoms with E-state index in [9.17, 15) is 48.7 Å². The zero-order chi connectivity index (χ0) is 79.9. The summed E-state index contributed by atoms with van der Waals surface area (Å²) in [5.74, 6) is 5.51. The second-order valence-corrected chi connectivity index (χ2v) is 40.6. The zero-order valence-corrected chi connectivity index (χ0v) is 70.9. The molecule has 18 heteroatoms. The fourth-order valence-corrected chi connectivity index (χ4v) is 21.3. The van der Waals surface area contributed by atoms with Crippen LogP contribution in [0.3, 0.4) is 0 Å². The third kappa shape index (κ3) is 17.5. The van der Waals surface area contributed by atoms with Gasteiger partial charge in [-0.3, -0.25) is 38.4 Å². The minimum Gasteiger partial charge on any atom is -0.459 e. The van der Waals surface area contributed by atoms with Gasteiger partial charge in [0.15, 0.2) is 5.41 Å². The highest BCUT2D eigenvalue weighted by atomic mass is 16.6. The van der Waals surface area contributed by atoms with Gasteiger partial charge in [0.05, 0.1) is 51.1 Å². The summed E-state index contributed by atoms with van der Waals surface area (Å²) >= 11 is 0. The van der Waals surface area contributed by atoms with Crippen molar-refractivity contribution in [2.45, 2.75) is 391 Å². The lowest BCUT2D eigenvalue weighted by Gasteiger charge is -2.60. The van der Waals surface area contributed by atoms with Crippen molar-refractivity contribution in [3.8, 4) is 6.07 Å². The van der Waals surface area contributed by atoms with Crippen molar-refractivity contribution in [1.29, 1.82) is 5.26 Å². The highest BCUT2D eigenvalue weighted by Crippen LogP contribution is 2.65. The summed E-state index contributed by atoms with van der Waals surface area (Å²) < 4.78 is 45.8. The van der Waals surface area contributed by atoms with Gasteiger partial charge in [0, 0.05) is 23.7 Å². The van der Waals surface area contributed by atoms with Crippen LogP contribution in [0.15, 0.2) is 0 Å². The van der Waals surface area contributed by atoms with Crippen LogP contribution >= 0.6 is 0 Å². The van der Waals surface area contributed by atoms with Crippen LogP contribution < -0.4 is 0 Å². The van der Waals surface area contributed by atoms with Gasteiger partial charge >= 0.3 is 47.8 Å². The molecule has 2 heterocycles. The monoisotopic (exact) mass is 1510 g/mol. The highest BCUT2D eigenvalue weighted by Gasteiger charge is 2.73. The number of aliphatic hydroxyl groups excluding tert-OH is 1. The number of ether oxygens (including phenoxy) is 8. The fourth-order valence-electron chi connectivity index (χ4n) is 21.3. The van der Waals surface area contributed by atoms with Crippen molar-refractivity contribution >= 4 is 47.8 Å². The van der Waals surface area contributed by atoms with E-state index in [-0.39, 0.29) is 123 Å². The molecule has 16 rings (SSSR count). The lowest BCUT2D eigenvalue weighted by Crippen LogP contribution is -2.60. The number of aliphatic hydroxyl groups is 1. The Kier molecular flexibility index (Phi) is 26.9. The Labute approximate surface area is 650 Å². The van der Waals surface area contributed by atoms with Crippen LogP contribution in [0.2, 0.25) is 0 Å². The second kappa shape index (κ2) is 33.3. The average Bonchev–Trinajstić information content (AvgIpc) is 1.46. The van der Waals surface area contributed by atoms with Gasteiger partial charge in [-0.05, 0) is 330 Å². The van der Waals surface area contributed by atoms with Gasteiger partial charge in [-0.1, -0.05) is 61.8 Å². The van der Waals surface area contributed by atoms with Crippen molar-refractivity contribution in [2.75, 3.05) is 6.61 Å². The number of esters is 8. The van der Waals surface area contributed by atoms with Crippen LogP contribution in [0.5, 0.6) is 0 Å². The van der Waals surface area contributed by atoms with Crippen LogP contribution in [0, 0.1) is 126 Å². The lowest BCUT2D eigenvalue weighted by atomic mass is 9.49. The number of carbonyl (C=O) groups is 8. The van der Waals surface area contributed by atoms with Gasteiger partial charge in [-0.15, -0.1) is 0 Å². The van der Waals surface area contributed by atoms with Gasteiger partial charge in [0.25, 0.3) is 0 Å². The Hall–Kier alpha value is -4.79. The fraction of sp³-hybridized carbons (Fsp3) is 0.900. The molecule has 16 fully saturated rings. The number of nitriles is 1. The van der Waals surface area contributed by atoms with E-state index >= 15 is 0 Å². The lowest BCUT2D eigenvalue weighted by molar-refractivity contribution is -0.220. The first-order valence-electron chi connectivity index (χ1n) is 43.3. The Balaban J connectivity index is 0.000000150. The van der Waals surface area contributed by atoms with Gasteiger partial charge in [-0.2, -0.15) is 5.26 Å². The van der Waals surface area contributed by atoms with E-state index in [1.807, 2.05) is 111 Å². The maximum absolute atomic E-state index is 12.7. The summed E-state index contributed by atoms with van der Waals surface area (Å²) in [6.07, 6.45) is 31.6. The largest absolute Gasteiger partial charge is 0.459 e. The van der Waals surface area contributed by atoms with Crippen LogP contribution in [0.1, 0.15) is 344 Å². The Morgan fingerprint density at radius 2 is 0.889 bits per heavy atom. The number of hydrogen-bond donors (Lipinski definition) is 1. The summed E-state index contributed by atoms with van der Waals surface area (Å²) in [4.78, 5) is 97.0. The summed E-state index contributed by atoms with van der Waals surface area (Å²) in [5, 5.41) is 18.9. The van der Waals surface area contributed by atoms with Crippen molar-refractivity contribution in [3.63, 3.8) is 0 Å². The average molecular weight is 1510 g/mol. The molecule has 0 aromatic heterocycles. The van der Waals surface area contributed by atoms with Crippen molar-refractivity contribution in [1.82, 2.24) is 0 Å². The molecule has 12 bridgehead atoms. The number of fused-ring (bicyclic) bond motifs is 2. The van der Waals surface area contributed by atoms with Gasteiger partial charge in [-0.25, -0.2) is 0 Å². The minimum absolute atomic E-state index is 0.0150. The molecule has 2 saturated heterocycles. The van der Waals surface area contributed by atoms with Gasteiger partial charge < -0.3 is 43.0 Å². The molecule has 11 unspecified atom stereocenters. The maximum Gasteiger partial charge on any atom is 0.327 e. The Morgan fingerprint density at radius 1 is 0.463 bits per heavy atom. The van der Waals surface area contributed by atoms with Crippen molar-refractivity contribution in [3.05, 3.63) is 0 Å². The molecule has 2 aliphatic heterocycles. The summed E-state index contributed by atoms with van der Waals surface area (Å²) in [6, 6.07) is 2.15. The molecule has 1 N–H and O–H groups in total. The van der Waals surface area contributed by atoms with Gasteiger partial charge in [0.2, 0.25) is 0 Å². The van der Waals surface area contributed by atoms with Crippen LogP contribution in [-0.2, 0) is 76.3 Å². The predicted molar refractivity (Wildman–Crippen MR) is 412 cm³/mol. The smallest absolute Gasteiger partial charge is 0.327 e. The topological polar surface area (TPSA) is 254 Å². The first-order chi connectivity index (χ1) is 50.5. The van der Waals surface area contributed by atoms with Crippen LogP contribution in [-0.4, -0.2) is 106 Å². The molecule has 14 aliphatic carbocycles. The summed E-state index contributed by atoms with van der Waals surface area (Å²) in [7, 11) is 0. The molecular formula is C90H145NO17. The first kappa shape index (κ1) is 87.2. The zero-order valence-electron chi connectivity index (χ0n) is 70.9. The quantitative estimate of drug-likeness (QED) is 0.0827.